The van der Waals surface area contributed by atoms with E-state index in [0.717, 1.165) is 22.1 Å². The largest absolute Gasteiger partial charge is 0.464 e. The van der Waals surface area contributed by atoms with Gasteiger partial charge in [-0.2, -0.15) is 0 Å². The zero-order valence-electron chi connectivity index (χ0n) is 14.0. The molecule has 0 spiro atoms. The highest BCUT2D eigenvalue weighted by Crippen LogP contribution is 2.25. The Kier molecular flexibility index (Phi) is 4.65. The average Bonchev–Trinajstić information content (AvgIpc) is 2.95. The standard InChI is InChI=1S/C20H17FO4/c1-12-7-17-15(10-24-19(17)8-13(12)2)9-20(23)25-11-18(22)14-3-5-16(21)6-4-14/h3-8,10H,9,11H2,1-2H3. The third kappa shape index (κ3) is 3.76. The number of benzene rings is 2. The Hall–Kier alpha value is -2.95. The van der Waals surface area contributed by atoms with Gasteiger partial charge in [0.25, 0.3) is 0 Å². The summed E-state index contributed by atoms with van der Waals surface area (Å²) in [5.74, 6) is -1.32. The highest BCUT2D eigenvalue weighted by molar-refractivity contribution is 5.98. The number of halogens is 1. The molecule has 3 aromatic rings. The molecule has 0 N–H and O–H groups in total. The van der Waals surface area contributed by atoms with Gasteiger partial charge in [-0.15, -0.1) is 0 Å². The predicted molar refractivity (Wildman–Crippen MR) is 91.1 cm³/mol. The Labute approximate surface area is 144 Å². The number of Topliss-reactive ketones (excluding diaryl/α,β-unsaturated/α-hetero) is 1. The first-order chi connectivity index (χ1) is 11.9. The van der Waals surface area contributed by atoms with Gasteiger partial charge in [-0.05, 0) is 61.4 Å². The molecule has 0 atom stereocenters. The first kappa shape index (κ1) is 16.9. The van der Waals surface area contributed by atoms with Crippen LogP contribution in [0.15, 0.2) is 47.1 Å². The van der Waals surface area contributed by atoms with Crippen molar-refractivity contribution in [2.24, 2.45) is 0 Å². The van der Waals surface area contributed by atoms with Crippen LogP contribution in [0, 0.1) is 19.7 Å². The van der Waals surface area contributed by atoms with E-state index in [0.29, 0.717) is 11.1 Å². The number of hydrogen-bond acceptors (Lipinski definition) is 4. The molecule has 0 fully saturated rings. The van der Waals surface area contributed by atoms with E-state index >= 15 is 0 Å². The maximum atomic E-state index is 12.9. The first-order valence-corrected chi connectivity index (χ1v) is 7.86. The van der Waals surface area contributed by atoms with E-state index in [1.165, 1.54) is 30.5 Å². The summed E-state index contributed by atoms with van der Waals surface area (Å²) in [6.45, 7) is 3.61. The molecule has 0 bridgehead atoms. The van der Waals surface area contributed by atoms with Gasteiger partial charge in [0.2, 0.25) is 0 Å². The smallest absolute Gasteiger partial charge is 0.310 e. The predicted octanol–water partition coefficient (Wildman–Crippen LogP) is 4.16. The highest BCUT2D eigenvalue weighted by atomic mass is 19.1. The summed E-state index contributed by atoms with van der Waals surface area (Å²) in [6, 6.07) is 9.01. The quantitative estimate of drug-likeness (QED) is 0.517. The lowest BCUT2D eigenvalue weighted by Gasteiger charge is -2.04. The van der Waals surface area contributed by atoms with Crippen molar-refractivity contribution in [3.8, 4) is 0 Å². The second kappa shape index (κ2) is 6.89. The number of ether oxygens (including phenoxy) is 1. The summed E-state index contributed by atoms with van der Waals surface area (Å²) < 4.78 is 23.4. The number of furan rings is 1. The van der Waals surface area contributed by atoms with Crippen LogP contribution < -0.4 is 0 Å². The van der Waals surface area contributed by atoms with Crippen molar-refractivity contribution >= 4 is 22.7 Å². The minimum Gasteiger partial charge on any atom is -0.464 e. The zero-order valence-corrected chi connectivity index (χ0v) is 14.0. The number of ketones is 1. The molecule has 25 heavy (non-hydrogen) atoms. The van der Waals surface area contributed by atoms with Gasteiger partial charge >= 0.3 is 5.97 Å². The summed E-state index contributed by atoms with van der Waals surface area (Å²) in [6.07, 6.45) is 1.55. The van der Waals surface area contributed by atoms with Crippen molar-refractivity contribution in [3.05, 3.63) is 70.7 Å². The minimum absolute atomic E-state index is 0.0200. The molecule has 0 aliphatic rings. The number of rotatable bonds is 5. The van der Waals surface area contributed by atoms with Crippen molar-refractivity contribution in [1.82, 2.24) is 0 Å². The minimum atomic E-state index is -0.517. The molecule has 0 amide bonds. The molecular formula is C20H17FO4. The van der Waals surface area contributed by atoms with E-state index in [4.69, 9.17) is 9.15 Å². The van der Waals surface area contributed by atoms with Crippen LogP contribution in [0.4, 0.5) is 4.39 Å². The van der Waals surface area contributed by atoms with Gasteiger partial charge in [0.1, 0.15) is 11.4 Å². The third-order valence-corrected chi connectivity index (χ3v) is 4.14. The van der Waals surface area contributed by atoms with Gasteiger partial charge in [0, 0.05) is 16.5 Å². The molecule has 4 nitrogen and oxygen atoms in total. The molecule has 128 valence electrons. The fourth-order valence-corrected chi connectivity index (χ4v) is 2.54. The van der Waals surface area contributed by atoms with Crippen LogP contribution in [0.5, 0.6) is 0 Å². The van der Waals surface area contributed by atoms with Crippen molar-refractivity contribution in [2.75, 3.05) is 6.61 Å². The molecule has 0 saturated carbocycles. The summed E-state index contributed by atoms with van der Waals surface area (Å²) >= 11 is 0. The molecule has 2 aromatic carbocycles. The Morgan fingerprint density at radius 2 is 1.76 bits per heavy atom. The summed E-state index contributed by atoms with van der Waals surface area (Å²) in [7, 11) is 0. The summed E-state index contributed by atoms with van der Waals surface area (Å²) in [5, 5.41) is 0.866. The first-order valence-electron chi connectivity index (χ1n) is 7.86. The van der Waals surface area contributed by atoms with Crippen LogP contribution in [0.3, 0.4) is 0 Å². The molecule has 5 heteroatoms. The molecule has 0 saturated heterocycles. The molecule has 0 aliphatic heterocycles. The fraction of sp³-hybridized carbons (Fsp3) is 0.200. The Morgan fingerprint density at radius 1 is 1.08 bits per heavy atom. The van der Waals surface area contributed by atoms with Crippen LogP contribution >= 0.6 is 0 Å². The lowest BCUT2D eigenvalue weighted by molar-refractivity contribution is -0.141. The maximum Gasteiger partial charge on any atom is 0.310 e. The normalized spacial score (nSPS) is 10.8. The van der Waals surface area contributed by atoms with E-state index in [1.807, 2.05) is 26.0 Å². The van der Waals surface area contributed by atoms with Gasteiger partial charge < -0.3 is 9.15 Å². The van der Waals surface area contributed by atoms with Gasteiger partial charge in [0.05, 0.1) is 12.7 Å². The van der Waals surface area contributed by atoms with Crippen LogP contribution in [-0.4, -0.2) is 18.4 Å². The molecular weight excluding hydrogens is 323 g/mol. The monoisotopic (exact) mass is 340 g/mol. The number of hydrogen-bond donors (Lipinski definition) is 0. The van der Waals surface area contributed by atoms with Crippen molar-refractivity contribution in [3.63, 3.8) is 0 Å². The van der Waals surface area contributed by atoms with Crippen LogP contribution in [-0.2, 0) is 16.0 Å². The zero-order chi connectivity index (χ0) is 18.0. The van der Waals surface area contributed by atoms with Crippen molar-refractivity contribution in [2.45, 2.75) is 20.3 Å². The number of carbonyl (C=O) groups is 2. The van der Waals surface area contributed by atoms with Gasteiger partial charge in [-0.25, -0.2) is 4.39 Å². The molecule has 0 aliphatic carbocycles. The van der Waals surface area contributed by atoms with E-state index in [9.17, 15) is 14.0 Å². The SMILES string of the molecule is Cc1cc2occ(CC(=O)OCC(=O)c3ccc(F)cc3)c2cc1C. The van der Waals surface area contributed by atoms with Crippen LogP contribution in [0.1, 0.15) is 27.0 Å². The Bertz CT molecular complexity index is 938. The number of esters is 1. The van der Waals surface area contributed by atoms with E-state index in [-0.39, 0.29) is 18.8 Å². The van der Waals surface area contributed by atoms with Gasteiger partial charge in [-0.3, -0.25) is 9.59 Å². The maximum absolute atomic E-state index is 12.9. The van der Waals surface area contributed by atoms with E-state index < -0.39 is 11.8 Å². The third-order valence-electron chi connectivity index (χ3n) is 4.14. The second-order valence-electron chi connectivity index (χ2n) is 5.96. The molecule has 1 heterocycles. The van der Waals surface area contributed by atoms with E-state index in [1.54, 1.807) is 0 Å². The van der Waals surface area contributed by atoms with Gasteiger partial charge in [-0.1, -0.05) is 0 Å². The molecule has 3 rings (SSSR count). The number of carbonyl (C=O) groups excluding carboxylic acids is 2. The average molecular weight is 340 g/mol. The lowest BCUT2D eigenvalue weighted by Crippen LogP contribution is -2.15. The Balaban J connectivity index is 1.64. The number of aryl methyl sites for hydroxylation is 2. The second-order valence-corrected chi connectivity index (χ2v) is 5.96. The van der Waals surface area contributed by atoms with Gasteiger partial charge in [0.15, 0.2) is 12.4 Å². The summed E-state index contributed by atoms with van der Waals surface area (Å²) in [5.41, 5.74) is 3.95. The van der Waals surface area contributed by atoms with Crippen molar-refractivity contribution < 1.29 is 23.1 Å². The van der Waals surface area contributed by atoms with E-state index in [2.05, 4.69) is 0 Å². The molecule has 1 aromatic heterocycles. The lowest BCUT2D eigenvalue weighted by atomic mass is 10.0. The summed E-state index contributed by atoms with van der Waals surface area (Å²) in [4.78, 5) is 24.0. The highest BCUT2D eigenvalue weighted by Gasteiger charge is 2.14. The molecule has 0 radical (unpaired) electrons. The molecule has 0 unspecified atom stereocenters. The topological polar surface area (TPSA) is 56.5 Å². The van der Waals surface area contributed by atoms with Crippen LogP contribution in [0.25, 0.3) is 11.0 Å². The Morgan fingerprint density at radius 3 is 2.48 bits per heavy atom. The van der Waals surface area contributed by atoms with Crippen LogP contribution in [0.2, 0.25) is 0 Å². The fourth-order valence-electron chi connectivity index (χ4n) is 2.54. The number of fused-ring (bicyclic) bond motifs is 1. The van der Waals surface area contributed by atoms with Crippen molar-refractivity contribution in [1.29, 1.82) is 0 Å².